The van der Waals surface area contributed by atoms with E-state index < -0.39 is 11.7 Å². The molecule has 162 valence electrons. The Morgan fingerprint density at radius 1 is 0.933 bits per heavy atom. The summed E-state index contributed by atoms with van der Waals surface area (Å²) in [4.78, 5) is 15.7. The highest BCUT2D eigenvalue weighted by atomic mass is 19.4. The van der Waals surface area contributed by atoms with Crippen LogP contribution in [-0.2, 0) is 17.5 Å². The molecule has 0 radical (unpaired) electrons. The monoisotopic (exact) mass is 421 g/mol. The number of alkyl halides is 3. The SMILES string of the molecule is Cc1cc(N2CCOCC2)nc(N2CCN(Cc3ccccc3C(F)(F)F)CC2)n1. The van der Waals surface area contributed by atoms with Gasteiger partial charge in [0, 0.05) is 57.6 Å². The predicted octanol–water partition coefficient (Wildman–Crippen LogP) is 2.96. The minimum absolute atomic E-state index is 0.289. The minimum atomic E-state index is -4.33. The lowest BCUT2D eigenvalue weighted by atomic mass is 10.1. The van der Waals surface area contributed by atoms with E-state index in [1.54, 1.807) is 12.1 Å². The van der Waals surface area contributed by atoms with Gasteiger partial charge in [-0.1, -0.05) is 18.2 Å². The lowest BCUT2D eigenvalue weighted by Crippen LogP contribution is -2.47. The van der Waals surface area contributed by atoms with Crippen LogP contribution in [0.2, 0.25) is 0 Å². The molecule has 0 unspecified atom stereocenters. The Bertz CT molecular complexity index is 862. The molecule has 2 aromatic rings. The normalized spacial score (nSPS) is 18.7. The smallest absolute Gasteiger partial charge is 0.378 e. The molecule has 0 amide bonds. The van der Waals surface area contributed by atoms with E-state index in [-0.39, 0.29) is 6.54 Å². The second-order valence-corrected chi connectivity index (χ2v) is 7.69. The van der Waals surface area contributed by atoms with Crippen LogP contribution in [0, 0.1) is 6.92 Å². The van der Waals surface area contributed by atoms with Crippen molar-refractivity contribution in [3.8, 4) is 0 Å². The maximum absolute atomic E-state index is 13.3. The zero-order valence-electron chi connectivity index (χ0n) is 17.0. The highest BCUT2D eigenvalue weighted by molar-refractivity contribution is 5.46. The number of hydrogen-bond donors (Lipinski definition) is 0. The summed E-state index contributed by atoms with van der Waals surface area (Å²) in [5, 5.41) is 0. The quantitative estimate of drug-likeness (QED) is 0.757. The van der Waals surface area contributed by atoms with E-state index in [0.717, 1.165) is 30.7 Å². The number of aromatic nitrogens is 2. The van der Waals surface area contributed by atoms with Crippen molar-refractivity contribution in [1.29, 1.82) is 0 Å². The van der Waals surface area contributed by atoms with Crippen LogP contribution >= 0.6 is 0 Å². The summed E-state index contributed by atoms with van der Waals surface area (Å²) in [7, 11) is 0. The number of morpholine rings is 1. The Morgan fingerprint density at radius 2 is 1.63 bits per heavy atom. The number of ether oxygens (including phenoxy) is 1. The topological polar surface area (TPSA) is 44.7 Å². The van der Waals surface area contributed by atoms with E-state index >= 15 is 0 Å². The standard InChI is InChI=1S/C21H26F3N5O/c1-16-14-19(28-10-12-30-13-11-28)26-20(25-16)29-8-6-27(7-9-29)15-17-4-2-3-5-18(17)21(22,23)24/h2-5,14H,6-13,15H2,1H3. The summed E-state index contributed by atoms with van der Waals surface area (Å²) in [6, 6.07) is 7.80. The zero-order valence-corrected chi connectivity index (χ0v) is 17.0. The van der Waals surface area contributed by atoms with Gasteiger partial charge in [0.05, 0.1) is 18.8 Å². The number of hydrogen-bond acceptors (Lipinski definition) is 6. The Kier molecular flexibility index (Phi) is 6.10. The fourth-order valence-electron chi connectivity index (χ4n) is 3.91. The molecule has 30 heavy (non-hydrogen) atoms. The van der Waals surface area contributed by atoms with Gasteiger partial charge in [-0.15, -0.1) is 0 Å². The van der Waals surface area contributed by atoms with Crippen LogP contribution in [0.5, 0.6) is 0 Å². The number of nitrogens with zero attached hydrogens (tertiary/aromatic N) is 5. The summed E-state index contributed by atoms with van der Waals surface area (Å²) in [6.45, 7) is 7.93. The maximum atomic E-state index is 13.3. The van der Waals surface area contributed by atoms with Crippen molar-refractivity contribution in [3.05, 3.63) is 47.2 Å². The van der Waals surface area contributed by atoms with Crippen LogP contribution in [0.1, 0.15) is 16.8 Å². The molecule has 2 fully saturated rings. The highest BCUT2D eigenvalue weighted by Crippen LogP contribution is 2.32. The van der Waals surface area contributed by atoms with Gasteiger partial charge in [0.1, 0.15) is 5.82 Å². The van der Waals surface area contributed by atoms with E-state index in [0.29, 0.717) is 50.9 Å². The second-order valence-electron chi connectivity index (χ2n) is 7.69. The van der Waals surface area contributed by atoms with Crippen molar-refractivity contribution < 1.29 is 17.9 Å². The Balaban J connectivity index is 1.41. The molecular weight excluding hydrogens is 395 g/mol. The van der Waals surface area contributed by atoms with Gasteiger partial charge in [-0.25, -0.2) is 4.98 Å². The van der Waals surface area contributed by atoms with Crippen molar-refractivity contribution in [2.45, 2.75) is 19.6 Å². The van der Waals surface area contributed by atoms with E-state index in [2.05, 4.69) is 19.7 Å². The number of halogens is 3. The molecule has 0 N–H and O–H groups in total. The zero-order chi connectivity index (χ0) is 21.1. The van der Waals surface area contributed by atoms with Crippen LogP contribution in [0.3, 0.4) is 0 Å². The van der Waals surface area contributed by atoms with Gasteiger partial charge < -0.3 is 14.5 Å². The van der Waals surface area contributed by atoms with E-state index in [9.17, 15) is 13.2 Å². The first-order valence-corrected chi connectivity index (χ1v) is 10.2. The fraction of sp³-hybridized carbons (Fsp3) is 0.524. The van der Waals surface area contributed by atoms with Gasteiger partial charge in [0.25, 0.3) is 0 Å². The number of piperazine rings is 1. The molecule has 2 saturated heterocycles. The van der Waals surface area contributed by atoms with Crippen LogP contribution < -0.4 is 9.80 Å². The molecule has 0 spiro atoms. The molecule has 6 nitrogen and oxygen atoms in total. The second kappa shape index (κ2) is 8.77. The van der Waals surface area contributed by atoms with Crippen molar-refractivity contribution in [3.63, 3.8) is 0 Å². The van der Waals surface area contributed by atoms with Gasteiger partial charge in [-0.05, 0) is 18.6 Å². The molecular formula is C21H26F3N5O. The Morgan fingerprint density at radius 3 is 2.33 bits per heavy atom. The minimum Gasteiger partial charge on any atom is -0.378 e. The maximum Gasteiger partial charge on any atom is 0.416 e. The third-order valence-corrected chi connectivity index (χ3v) is 5.54. The molecule has 0 aliphatic carbocycles. The summed E-state index contributed by atoms with van der Waals surface area (Å²) in [5.41, 5.74) is 0.674. The molecule has 9 heteroatoms. The average molecular weight is 421 g/mol. The number of benzene rings is 1. The van der Waals surface area contributed by atoms with Gasteiger partial charge in [0.15, 0.2) is 0 Å². The van der Waals surface area contributed by atoms with Crippen LogP contribution in [0.15, 0.2) is 30.3 Å². The first-order chi connectivity index (χ1) is 14.4. The molecule has 3 heterocycles. The highest BCUT2D eigenvalue weighted by Gasteiger charge is 2.33. The van der Waals surface area contributed by atoms with Crippen LogP contribution in [0.4, 0.5) is 24.9 Å². The van der Waals surface area contributed by atoms with Crippen LogP contribution in [-0.4, -0.2) is 67.4 Å². The third-order valence-electron chi connectivity index (χ3n) is 5.54. The lowest BCUT2D eigenvalue weighted by molar-refractivity contribution is -0.138. The third kappa shape index (κ3) is 4.84. The van der Waals surface area contributed by atoms with E-state index in [1.807, 2.05) is 13.0 Å². The Labute approximate surface area is 174 Å². The molecule has 0 saturated carbocycles. The van der Waals surface area contributed by atoms with Crippen LogP contribution in [0.25, 0.3) is 0 Å². The van der Waals surface area contributed by atoms with Crippen molar-refractivity contribution in [2.75, 3.05) is 62.3 Å². The number of anilines is 2. The van der Waals surface area contributed by atoms with Crippen molar-refractivity contribution >= 4 is 11.8 Å². The molecule has 4 rings (SSSR count). The number of rotatable bonds is 4. The van der Waals surface area contributed by atoms with Gasteiger partial charge >= 0.3 is 6.18 Å². The molecule has 0 bridgehead atoms. The largest absolute Gasteiger partial charge is 0.416 e. The average Bonchev–Trinajstić information content (AvgIpc) is 2.74. The van der Waals surface area contributed by atoms with Crippen molar-refractivity contribution in [1.82, 2.24) is 14.9 Å². The van der Waals surface area contributed by atoms with Gasteiger partial charge in [0.2, 0.25) is 5.95 Å². The first-order valence-electron chi connectivity index (χ1n) is 10.2. The molecule has 2 aliphatic rings. The fourth-order valence-corrected chi connectivity index (χ4v) is 3.91. The summed E-state index contributed by atoms with van der Waals surface area (Å²) < 4.78 is 45.2. The summed E-state index contributed by atoms with van der Waals surface area (Å²) in [5.74, 6) is 1.59. The van der Waals surface area contributed by atoms with Crippen molar-refractivity contribution in [2.24, 2.45) is 0 Å². The summed E-state index contributed by atoms with van der Waals surface area (Å²) >= 11 is 0. The molecule has 1 aromatic heterocycles. The van der Waals surface area contributed by atoms with Gasteiger partial charge in [-0.3, -0.25) is 4.90 Å². The Hall–Kier alpha value is -2.39. The first kappa shape index (κ1) is 20.9. The summed E-state index contributed by atoms with van der Waals surface area (Å²) in [6.07, 6.45) is -4.33. The number of aryl methyl sites for hydroxylation is 1. The van der Waals surface area contributed by atoms with E-state index in [1.165, 1.54) is 6.07 Å². The van der Waals surface area contributed by atoms with Gasteiger partial charge in [-0.2, -0.15) is 18.2 Å². The molecule has 2 aliphatic heterocycles. The lowest BCUT2D eigenvalue weighted by Gasteiger charge is -2.36. The van der Waals surface area contributed by atoms with E-state index in [4.69, 9.17) is 9.72 Å². The molecule has 1 aromatic carbocycles. The predicted molar refractivity (Wildman–Crippen MR) is 109 cm³/mol. The molecule has 0 atom stereocenters.